The minimum absolute atomic E-state index is 0.0272. The average Bonchev–Trinajstić information content (AvgIpc) is 3.42. The zero-order valence-electron chi connectivity index (χ0n) is 18.8. The average molecular weight is 432 g/mol. The second-order valence-electron chi connectivity index (χ2n) is 9.81. The van der Waals surface area contributed by atoms with Gasteiger partial charge in [-0.2, -0.15) is 0 Å². The first-order chi connectivity index (χ1) is 14.6. The first-order valence-corrected chi connectivity index (χ1v) is 11.2. The molecular weight excluding hydrogens is 399 g/mol. The second-order valence-corrected chi connectivity index (χ2v) is 9.81. The van der Waals surface area contributed by atoms with Crippen LogP contribution in [0.2, 0.25) is 0 Å². The van der Waals surface area contributed by atoms with Crippen LogP contribution in [-0.2, 0) is 14.1 Å². The summed E-state index contributed by atoms with van der Waals surface area (Å²) in [6.45, 7) is 8.71. The number of rotatable bonds is 7. The van der Waals surface area contributed by atoms with E-state index in [4.69, 9.17) is 14.4 Å². The van der Waals surface area contributed by atoms with Crippen LogP contribution >= 0.6 is 0 Å². The zero-order chi connectivity index (χ0) is 22.4. The molecule has 0 bridgehead atoms. The summed E-state index contributed by atoms with van der Waals surface area (Å²) in [6.07, 6.45) is 6.05. The van der Waals surface area contributed by atoms with E-state index in [2.05, 4.69) is 14.9 Å². The van der Waals surface area contributed by atoms with Crippen LogP contribution < -0.4 is 10.4 Å². The zero-order valence-corrected chi connectivity index (χ0v) is 18.8. The Morgan fingerprint density at radius 2 is 1.84 bits per heavy atom. The molecule has 9 nitrogen and oxygen atoms in total. The molecule has 2 aliphatic heterocycles. The Morgan fingerprint density at radius 3 is 2.39 bits per heavy atom. The lowest BCUT2D eigenvalue weighted by Crippen LogP contribution is -2.48. The predicted octanol–water partition coefficient (Wildman–Crippen LogP) is 0.0888. The molecule has 1 aromatic rings. The molecule has 170 valence electrons. The SMILES string of the molecule is CC1(C)OB(c2cnc(N(C[C@H]3CCCN3C(=O)[C@H](O)CO)C3CC3)nc2)OC1(C)C. The molecule has 1 aromatic heterocycles. The standard InChI is InChI=1S/C21H33BN4O5/c1-20(2)21(3,4)31-22(30-20)14-10-23-19(24-11-14)26(15-7-8-15)12-16-6-5-9-25(16)18(29)17(28)13-27/h10-11,15-17,27-28H,5-9,12-13H2,1-4H3/t16-,17-/m1/s1. The minimum atomic E-state index is -1.36. The number of likely N-dealkylation sites (tertiary alicyclic amines) is 1. The van der Waals surface area contributed by atoms with Crippen molar-refractivity contribution in [3.8, 4) is 0 Å². The molecule has 3 fully saturated rings. The van der Waals surface area contributed by atoms with Gasteiger partial charge in [-0.05, 0) is 53.4 Å². The molecule has 31 heavy (non-hydrogen) atoms. The summed E-state index contributed by atoms with van der Waals surface area (Å²) in [5.74, 6) is 0.225. The summed E-state index contributed by atoms with van der Waals surface area (Å²) in [7, 11) is -0.503. The topological polar surface area (TPSA) is 108 Å². The van der Waals surface area contributed by atoms with Crippen molar-refractivity contribution < 1.29 is 24.3 Å². The third-order valence-electron chi connectivity index (χ3n) is 6.95. The highest BCUT2D eigenvalue weighted by Gasteiger charge is 2.52. The highest BCUT2D eigenvalue weighted by Crippen LogP contribution is 2.36. The van der Waals surface area contributed by atoms with Crippen molar-refractivity contribution >= 4 is 24.4 Å². The van der Waals surface area contributed by atoms with Crippen LogP contribution in [0.25, 0.3) is 0 Å². The summed E-state index contributed by atoms with van der Waals surface area (Å²) >= 11 is 0. The summed E-state index contributed by atoms with van der Waals surface area (Å²) < 4.78 is 12.2. The maximum absolute atomic E-state index is 12.4. The maximum Gasteiger partial charge on any atom is 0.498 e. The summed E-state index contributed by atoms with van der Waals surface area (Å²) in [5, 5.41) is 18.9. The van der Waals surface area contributed by atoms with Crippen LogP contribution in [0.3, 0.4) is 0 Å². The summed E-state index contributed by atoms with van der Waals surface area (Å²) in [4.78, 5) is 25.5. The molecule has 2 saturated heterocycles. The first kappa shape index (κ1) is 22.4. The molecule has 2 atom stereocenters. The Balaban J connectivity index is 1.47. The van der Waals surface area contributed by atoms with Gasteiger partial charge in [-0.1, -0.05) is 0 Å². The van der Waals surface area contributed by atoms with Gasteiger partial charge >= 0.3 is 7.12 Å². The molecule has 3 aliphatic rings. The van der Waals surface area contributed by atoms with E-state index >= 15 is 0 Å². The second kappa shape index (κ2) is 8.31. The number of carbonyl (C=O) groups excluding carboxylic acids is 1. The minimum Gasteiger partial charge on any atom is -0.399 e. The highest BCUT2D eigenvalue weighted by molar-refractivity contribution is 6.61. The number of hydrogen-bond donors (Lipinski definition) is 2. The van der Waals surface area contributed by atoms with Gasteiger partial charge in [0.15, 0.2) is 6.10 Å². The molecule has 10 heteroatoms. The van der Waals surface area contributed by atoms with Gasteiger partial charge in [0.1, 0.15) is 0 Å². The predicted molar refractivity (Wildman–Crippen MR) is 116 cm³/mol. The third-order valence-corrected chi connectivity index (χ3v) is 6.95. The van der Waals surface area contributed by atoms with Crippen molar-refractivity contribution in [2.75, 3.05) is 24.6 Å². The normalized spacial score (nSPS) is 25.7. The monoisotopic (exact) mass is 432 g/mol. The van der Waals surface area contributed by atoms with E-state index in [9.17, 15) is 9.90 Å². The first-order valence-electron chi connectivity index (χ1n) is 11.2. The Hall–Kier alpha value is -1.75. The molecule has 0 radical (unpaired) electrons. The smallest absolute Gasteiger partial charge is 0.399 e. The molecular formula is C21H33BN4O5. The van der Waals surface area contributed by atoms with Gasteiger partial charge in [-0.15, -0.1) is 0 Å². The van der Waals surface area contributed by atoms with Crippen molar-refractivity contribution in [2.45, 2.75) is 82.8 Å². The third kappa shape index (κ3) is 4.44. The number of aromatic nitrogens is 2. The van der Waals surface area contributed by atoms with Crippen LogP contribution in [0, 0.1) is 0 Å². The van der Waals surface area contributed by atoms with Gasteiger partial charge in [0.25, 0.3) is 5.91 Å². The molecule has 2 N–H and O–H groups in total. The van der Waals surface area contributed by atoms with Gasteiger partial charge in [0.05, 0.1) is 17.8 Å². The van der Waals surface area contributed by atoms with E-state index in [0.29, 0.717) is 25.1 Å². The largest absolute Gasteiger partial charge is 0.498 e. The van der Waals surface area contributed by atoms with E-state index in [1.807, 2.05) is 27.7 Å². The fourth-order valence-corrected chi connectivity index (χ4v) is 4.17. The van der Waals surface area contributed by atoms with Crippen molar-refractivity contribution in [2.24, 2.45) is 0 Å². The van der Waals surface area contributed by atoms with Gasteiger partial charge in [-0.3, -0.25) is 4.79 Å². The Morgan fingerprint density at radius 1 is 1.23 bits per heavy atom. The Bertz CT molecular complexity index is 785. The Kier molecular flexibility index (Phi) is 6.02. The van der Waals surface area contributed by atoms with E-state index < -0.39 is 36.9 Å². The molecule has 1 aliphatic carbocycles. The van der Waals surface area contributed by atoms with E-state index in [0.717, 1.165) is 31.1 Å². The van der Waals surface area contributed by atoms with Crippen molar-refractivity contribution in [1.82, 2.24) is 14.9 Å². The molecule has 0 unspecified atom stereocenters. The number of aliphatic hydroxyl groups is 2. The van der Waals surface area contributed by atoms with E-state index in [1.165, 1.54) is 0 Å². The summed E-state index contributed by atoms with van der Waals surface area (Å²) in [6, 6.07) is 0.337. The molecule has 1 saturated carbocycles. The van der Waals surface area contributed by atoms with Crippen LogP contribution in [-0.4, -0.2) is 87.2 Å². The molecule has 0 aromatic carbocycles. The van der Waals surface area contributed by atoms with E-state index in [-0.39, 0.29) is 6.04 Å². The Labute approximate surface area is 183 Å². The maximum atomic E-state index is 12.4. The number of nitrogens with zero attached hydrogens (tertiary/aromatic N) is 4. The fraction of sp³-hybridized carbons (Fsp3) is 0.762. The van der Waals surface area contributed by atoms with Gasteiger partial charge in [0, 0.05) is 43.0 Å². The van der Waals surface area contributed by atoms with Crippen molar-refractivity contribution in [1.29, 1.82) is 0 Å². The van der Waals surface area contributed by atoms with Crippen LogP contribution in [0.5, 0.6) is 0 Å². The number of anilines is 1. The number of aliphatic hydroxyl groups excluding tert-OH is 2. The van der Waals surface area contributed by atoms with Crippen LogP contribution in [0.15, 0.2) is 12.4 Å². The van der Waals surface area contributed by atoms with Crippen LogP contribution in [0.4, 0.5) is 5.95 Å². The lowest BCUT2D eigenvalue weighted by molar-refractivity contribution is -0.142. The van der Waals surface area contributed by atoms with Gasteiger partial charge in [-0.25, -0.2) is 9.97 Å². The number of hydrogen-bond acceptors (Lipinski definition) is 8. The highest BCUT2D eigenvalue weighted by atomic mass is 16.7. The lowest BCUT2D eigenvalue weighted by Gasteiger charge is -2.32. The molecule has 1 amide bonds. The number of amides is 1. The summed E-state index contributed by atoms with van der Waals surface area (Å²) in [5.41, 5.74) is -0.0657. The molecule has 4 rings (SSSR count). The van der Waals surface area contributed by atoms with E-state index in [1.54, 1.807) is 17.3 Å². The fourth-order valence-electron chi connectivity index (χ4n) is 4.17. The van der Waals surface area contributed by atoms with Crippen molar-refractivity contribution in [3.63, 3.8) is 0 Å². The quantitative estimate of drug-likeness (QED) is 0.584. The van der Waals surface area contributed by atoms with Gasteiger partial charge < -0.3 is 29.3 Å². The van der Waals surface area contributed by atoms with Crippen LogP contribution in [0.1, 0.15) is 53.4 Å². The van der Waals surface area contributed by atoms with Gasteiger partial charge in [0.2, 0.25) is 5.95 Å². The lowest BCUT2D eigenvalue weighted by atomic mass is 9.81. The molecule has 3 heterocycles. The van der Waals surface area contributed by atoms with Crippen molar-refractivity contribution in [3.05, 3.63) is 12.4 Å². The number of carbonyl (C=O) groups is 1. The molecule has 0 spiro atoms.